The summed E-state index contributed by atoms with van der Waals surface area (Å²) in [6.45, 7) is 0. The van der Waals surface area contributed by atoms with Crippen molar-refractivity contribution in [3.63, 3.8) is 0 Å². The van der Waals surface area contributed by atoms with Crippen molar-refractivity contribution in [2.45, 2.75) is 6.42 Å². The fourth-order valence-corrected chi connectivity index (χ4v) is 3.99. The lowest BCUT2D eigenvalue weighted by atomic mass is 10.0. The van der Waals surface area contributed by atoms with Gasteiger partial charge in [-0.2, -0.15) is 0 Å². The number of halogens is 1. The Morgan fingerprint density at radius 2 is 1.74 bits per heavy atom. The zero-order chi connectivity index (χ0) is 18.8. The monoisotopic (exact) mass is 437 g/mol. The molecule has 4 aromatic rings. The third kappa shape index (κ3) is 3.77. The number of fused-ring (bicyclic) bond motifs is 1. The molecule has 0 unspecified atom stereocenters. The van der Waals surface area contributed by atoms with Gasteiger partial charge in [-0.25, -0.2) is 0 Å². The van der Waals surface area contributed by atoms with Crippen LogP contribution in [0.1, 0.15) is 5.56 Å². The van der Waals surface area contributed by atoms with E-state index in [0.717, 1.165) is 31.4 Å². The molecule has 0 aliphatic carbocycles. The molecule has 0 bridgehead atoms. The third-order valence-corrected chi connectivity index (χ3v) is 5.97. The van der Waals surface area contributed by atoms with Gasteiger partial charge in [-0.05, 0) is 28.5 Å². The first-order valence-corrected chi connectivity index (χ1v) is 10.1. The lowest BCUT2D eigenvalue weighted by Gasteiger charge is -2.14. The minimum atomic E-state index is -0.00939. The molecule has 4 rings (SSSR count). The molecule has 1 heterocycles. The maximum absolute atomic E-state index is 12.8. The first-order chi connectivity index (χ1) is 13.1. The highest BCUT2D eigenvalue weighted by atomic mass is 79.9. The topological polar surface area (TPSA) is 46.1 Å². The van der Waals surface area contributed by atoms with Crippen LogP contribution >= 0.6 is 27.3 Å². The van der Waals surface area contributed by atoms with Gasteiger partial charge in [-0.1, -0.05) is 81.9 Å². The van der Waals surface area contributed by atoms with Crippen molar-refractivity contribution in [2.75, 3.05) is 11.9 Å². The largest absolute Gasteiger partial charge is 0.290 e. The van der Waals surface area contributed by atoms with E-state index in [9.17, 15) is 4.79 Å². The Balaban J connectivity index is 1.55. The van der Waals surface area contributed by atoms with Crippen LogP contribution in [-0.4, -0.2) is 23.2 Å². The predicted octanol–water partition coefficient (Wildman–Crippen LogP) is 5.33. The van der Waals surface area contributed by atoms with Crippen molar-refractivity contribution in [1.29, 1.82) is 0 Å². The quantitative estimate of drug-likeness (QED) is 0.433. The second-order valence-corrected chi connectivity index (χ2v) is 8.04. The van der Waals surface area contributed by atoms with Gasteiger partial charge in [0.15, 0.2) is 0 Å². The number of anilines is 1. The van der Waals surface area contributed by atoms with E-state index < -0.39 is 0 Å². The summed E-state index contributed by atoms with van der Waals surface area (Å²) in [4.78, 5) is 14.4. The molecule has 0 N–H and O–H groups in total. The number of hydrogen-bond acceptors (Lipinski definition) is 4. The summed E-state index contributed by atoms with van der Waals surface area (Å²) in [5, 5.41) is 12.1. The molecule has 0 saturated carbocycles. The molecule has 6 heteroatoms. The van der Waals surface area contributed by atoms with Crippen LogP contribution in [0.2, 0.25) is 0 Å². The molecule has 27 heavy (non-hydrogen) atoms. The fourth-order valence-electron chi connectivity index (χ4n) is 2.89. The molecule has 0 atom stereocenters. The Labute approximate surface area is 169 Å². The van der Waals surface area contributed by atoms with Crippen molar-refractivity contribution in [3.05, 3.63) is 76.8 Å². The number of hydrogen-bond donors (Lipinski definition) is 0. The SMILES string of the molecule is CN(C(=O)Cc1cccc2ccccc12)c1nnc(-c2ccc(Br)cc2)s1. The van der Waals surface area contributed by atoms with Gasteiger partial charge < -0.3 is 0 Å². The minimum Gasteiger partial charge on any atom is -0.290 e. The van der Waals surface area contributed by atoms with Gasteiger partial charge in [0.2, 0.25) is 11.0 Å². The van der Waals surface area contributed by atoms with Crippen molar-refractivity contribution in [1.82, 2.24) is 10.2 Å². The zero-order valence-electron chi connectivity index (χ0n) is 14.6. The smallest absolute Gasteiger partial charge is 0.232 e. The van der Waals surface area contributed by atoms with Crippen molar-refractivity contribution in [3.8, 4) is 10.6 Å². The van der Waals surface area contributed by atoms with Gasteiger partial charge in [-0.3, -0.25) is 9.69 Å². The van der Waals surface area contributed by atoms with Crippen molar-refractivity contribution >= 4 is 49.1 Å². The van der Waals surface area contributed by atoms with E-state index in [0.29, 0.717) is 11.6 Å². The van der Waals surface area contributed by atoms with E-state index in [-0.39, 0.29) is 5.91 Å². The van der Waals surface area contributed by atoms with Gasteiger partial charge in [0.05, 0.1) is 6.42 Å². The highest BCUT2D eigenvalue weighted by Crippen LogP contribution is 2.29. The van der Waals surface area contributed by atoms with Crippen molar-refractivity contribution in [2.24, 2.45) is 0 Å². The lowest BCUT2D eigenvalue weighted by molar-refractivity contribution is -0.117. The number of likely N-dealkylation sites (N-methyl/N-ethyl adjacent to an activating group) is 1. The van der Waals surface area contributed by atoms with Crippen LogP contribution in [-0.2, 0) is 11.2 Å². The Bertz CT molecular complexity index is 1100. The number of carbonyl (C=O) groups excluding carboxylic acids is 1. The predicted molar refractivity (Wildman–Crippen MR) is 114 cm³/mol. The molecule has 0 radical (unpaired) electrons. The molecule has 3 aromatic carbocycles. The number of benzene rings is 3. The second-order valence-electron chi connectivity index (χ2n) is 6.16. The Morgan fingerprint density at radius 3 is 2.56 bits per heavy atom. The van der Waals surface area contributed by atoms with E-state index in [4.69, 9.17) is 0 Å². The first kappa shape index (κ1) is 17.8. The zero-order valence-corrected chi connectivity index (χ0v) is 17.0. The summed E-state index contributed by atoms with van der Waals surface area (Å²) in [6, 6.07) is 22.0. The van der Waals surface area contributed by atoms with Gasteiger partial charge in [0.25, 0.3) is 0 Å². The summed E-state index contributed by atoms with van der Waals surface area (Å²) in [7, 11) is 1.75. The van der Waals surface area contributed by atoms with Crippen LogP contribution < -0.4 is 4.90 Å². The summed E-state index contributed by atoms with van der Waals surface area (Å²) in [5.74, 6) is -0.00939. The molecule has 0 aliphatic rings. The number of aromatic nitrogens is 2. The number of rotatable bonds is 4. The molecule has 134 valence electrons. The van der Waals surface area contributed by atoms with Gasteiger partial charge >= 0.3 is 0 Å². The molecule has 4 nitrogen and oxygen atoms in total. The Morgan fingerprint density at radius 1 is 1.00 bits per heavy atom. The van der Waals surface area contributed by atoms with E-state index in [1.807, 2.05) is 48.5 Å². The molecule has 0 fully saturated rings. The molecule has 1 amide bonds. The van der Waals surface area contributed by atoms with Crippen LogP contribution in [0.25, 0.3) is 21.3 Å². The van der Waals surface area contributed by atoms with E-state index in [1.54, 1.807) is 11.9 Å². The molecule has 0 spiro atoms. The maximum Gasteiger partial charge on any atom is 0.232 e. The maximum atomic E-state index is 12.8. The number of carbonyl (C=O) groups is 1. The molecular weight excluding hydrogens is 422 g/mol. The second kappa shape index (κ2) is 7.58. The van der Waals surface area contributed by atoms with Crippen LogP contribution in [0.5, 0.6) is 0 Å². The van der Waals surface area contributed by atoms with E-state index >= 15 is 0 Å². The molecule has 0 saturated heterocycles. The number of amides is 1. The highest BCUT2D eigenvalue weighted by molar-refractivity contribution is 9.10. The highest BCUT2D eigenvalue weighted by Gasteiger charge is 2.17. The Hall–Kier alpha value is -2.57. The first-order valence-electron chi connectivity index (χ1n) is 8.44. The van der Waals surface area contributed by atoms with Crippen molar-refractivity contribution < 1.29 is 4.79 Å². The number of nitrogens with zero attached hydrogens (tertiary/aromatic N) is 3. The van der Waals surface area contributed by atoms with Gasteiger partial charge in [0.1, 0.15) is 5.01 Å². The Kier molecular flexibility index (Phi) is 5.01. The van der Waals surface area contributed by atoms with Gasteiger partial charge in [0, 0.05) is 17.1 Å². The normalized spacial score (nSPS) is 10.9. The van der Waals surface area contributed by atoms with Crippen LogP contribution in [0.4, 0.5) is 5.13 Å². The van der Waals surface area contributed by atoms with Crippen LogP contribution in [0.3, 0.4) is 0 Å². The summed E-state index contributed by atoms with van der Waals surface area (Å²) >= 11 is 4.84. The third-order valence-electron chi connectivity index (χ3n) is 4.39. The average molecular weight is 438 g/mol. The fraction of sp³-hybridized carbons (Fsp3) is 0.0952. The lowest BCUT2D eigenvalue weighted by Crippen LogP contribution is -2.27. The van der Waals surface area contributed by atoms with E-state index in [1.165, 1.54) is 11.3 Å². The average Bonchev–Trinajstić information content (AvgIpc) is 3.18. The summed E-state index contributed by atoms with van der Waals surface area (Å²) in [6.07, 6.45) is 0.324. The molecular formula is C21H16BrN3OS. The van der Waals surface area contributed by atoms with Crippen LogP contribution in [0.15, 0.2) is 71.2 Å². The van der Waals surface area contributed by atoms with Crippen LogP contribution in [0, 0.1) is 0 Å². The van der Waals surface area contributed by atoms with Gasteiger partial charge in [-0.15, -0.1) is 10.2 Å². The standard InChI is InChI=1S/C21H16BrN3OS/c1-25(21-24-23-20(27-21)15-9-11-17(22)12-10-15)19(26)13-16-7-4-6-14-5-2-3-8-18(14)16/h2-12H,13H2,1H3. The minimum absolute atomic E-state index is 0.00939. The summed E-state index contributed by atoms with van der Waals surface area (Å²) in [5.41, 5.74) is 2.00. The summed E-state index contributed by atoms with van der Waals surface area (Å²) < 4.78 is 1.01. The molecule has 1 aromatic heterocycles. The molecule has 0 aliphatic heterocycles. The van der Waals surface area contributed by atoms with E-state index in [2.05, 4.69) is 44.3 Å².